The molecule has 17 heavy (non-hydrogen) atoms. The third-order valence-electron chi connectivity index (χ3n) is 2.21. The molecular weight excluding hydrogens is 234 g/mol. The Morgan fingerprint density at radius 3 is 2.41 bits per heavy atom. The Morgan fingerprint density at radius 2 is 1.88 bits per heavy atom. The van der Waals surface area contributed by atoms with Crippen LogP contribution in [0, 0.1) is 5.92 Å². The van der Waals surface area contributed by atoms with E-state index in [1.54, 1.807) is 24.1 Å². The van der Waals surface area contributed by atoms with E-state index in [1.165, 1.54) is 0 Å². The van der Waals surface area contributed by atoms with Crippen LogP contribution in [0.25, 0.3) is 0 Å². The molecule has 0 aromatic heterocycles. The van der Waals surface area contributed by atoms with Gasteiger partial charge in [-0.05, 0) is 48.6 Å². The minimum atomic E-state index is 0.227. The fraction of sp³-hybridized carbons (Fsp3) is 0.538. The molecule has 0 spiro atoms. The van der Waals surface area contributed by atoms with Crippen LogP contribution in [0.15, 0.2) is 29.2 Å². The molecular formula is C13H21NO2S. The van der Waals surface area contributed by atoms with Gasteiger partial charge in [0.1, 0.15) is 5.75 Å². The number of hydrogen-bond donors (Lipinski definition) is 2. The van der Waals surface area contributed by atoms with Gasteiger partial charge in [-0.3, -0.25) is 0 Å². The lowest BCUT2D eigenvalue weighted by molar-refractivity contribution is 0.269. The van der Waals surface area contributed by atoms with Crippen LogP contribution in [0.3, 0.4) is 0 Å². The van der Waals surface area contributed by atoms with Gasteiger partial charge in [0.25, 0.3) is 0 Å². The summed E-state index contributed by atoms with van der Waals surface area (Å²) in [7, 11) is 0. The van der Waals surface area contributed by atoms with Crippen LogP contribution < -0.4 is 0 Å². The number of hydrogen-bond acceptors (Lipinski definition) is 4. The molecule has 1 aromatic carbocycles. The van der Waals surface area contributed by atoms with Crippen molar-refractivity contribution in [1.82, 2.24) is 4.31 Å². The average Bonchev–Trinajstić information content (AvgIpc) is 2.28. The van der Waals surface area contributed by atoms with Gasteiger partial charge >= 0.3 is 0 Å². The highest BCUT2D eigenvalue weighted by Gasteiger charge is 2.08. The molecule has 0 saturated carbocycles. The highest BCUT2D eigenvalue weighted by molar-refractivity contribution is 7.97. The Bertz CT molecular complexity index is 314. The molecule has 1 aromatic rings. The van der Waals surface area contributed by atoms with Crippen molar-refractivity contribution in [1.29, 1.82) is 0 Å². The zero-order valence-corrected chi connectivity index (χ0v) is 11.3. The molecule has 3 nitrogen and oxygen atoms in total. The molecule has 0 amide bonds. The van der Waals surface area contributed by atoms with Crippen LogP contribution in [-0.2, 0) is 0 Å². The number of aliphatic hydroxyl groups excluding tert-OH is 1. The number of phenolic OH excluding ortho intramolecular Hbond substituents is 1. The Labute approximate surface area is 108 Å². The lowest BCUT2D eigenvalue weighted by atomic mass is 10.2. The van der Waals surface area contributed by atoms with Crippen LogP contribution in [0.4, 0.5) is 0 Å². The first-order chi connectivity index (χ1) is 8.11. The van der Waals surface area contributed by atoms with E-state index >= 15 is 0 Å². The van der Waals surface area contributed by atoms with Gasteiger partial charge in [0.2, 0.25) is 0 Å². The van der Waals surface area contributed by atoms with Crippen LogP contribution >= 0.6 is 11.9 Å². The van der Waals surface area contributed by atoms with E-state index in [0.717, 1.165) is 24.4 Å². The molecule has 0 radical (unpaired) electrons. The second-order valence-electron chi connectivity index (χ2n) is 4.44. The quantitative estimate of drug-likeness (QED) is 0.735. The van der Waals surface area contributed by atoms with Gasteiger partial charge in [-0.25, -0.2) is 4.31 Å². The minimum Gasteiger partial charge on any atom is -0.508 e. The second kappa shape index (κ2) is 7.58. The number of nitrogens with zero attached hydrogens (tertiary/aromatic N) is 1. The number of aromatic hydroxyl groups is 1. The largest absolute Gasteiger partial charge is 0.508 e. The topological polar surface area (TPSA) is 43.7 Å². The van der Waals surface area contributed by atoms with Crippen molar-refractivity contribution < 1.29 is 10.2 Å². The Balaban J connectivity index is 2.54. The van der Waals surface area contributed by atoms with Crippen molar-refractivity contribution in [2.75, 3.05) is 19.7 Å². The fourth-order valence-electron chi connectivity index (χ4n) is 1.48. The molecule has 2 N–H and O–H groups in total. The van der Waals surface area contributed by atoms with Crippen molar-refractivity contribution in [2.24, 2.45) is 5.92 Å². The molecule has 0 fully saturated rings. The predicted molar refractivity (Wildman–Crippen MR) is 72.1 cm³/mol. The number of benzene rings is 1. The SMILES string of the molecule is CC(C)CN(CCCO)Sc1ccc(O)cc1. The molecule has 0 heterocycles. The monoisotopic (exact) mass is 255 g/mol. The molecule has 1 rings (SSSR count). The fourth-order valence-corrected chi connectivity index (χ4v) is 2.63. The molecule has 0 aliphatic heterocycles. The number of aliphatic hydroxyl groups is 1. The summed E-state index contributed by atoms with van der Waals surface area (Å²) >= 11 is 1.68. The van der Waals surface area contributed by atoms with E-state index < -0.39 is 0 Å². The maximum atomic E-state index is 9.22. The molecule has 0 saturated heterocycles. The van der Waals surface area contributed by atoms with E-state index in [-0.39, 0.29) is 6.61 Å². The van der Waals surface area contributed by atoms with Crippen LogP contribution in [0.2, 0.25) is 0 Å². The molecule has 0 aliphatic carbocycles. The maximum Gasteiger partial charge on any atom is 0.115 e. The predicted octanol–water partition coefficient (Wildman–Crippen LogP) is 2.74. The minimum absolute atomic E-state index is 0.227. The summed E-state index contributed by atoms with van der Waals surface area (Å²) < 4.78 is 2.26. The van der Waals surface area contributed by atoms with Crippen molar-refractivity contribution in [3.05, 3.63) is 24.3 Å². The molecule has 0 unspecified atom stereocenters. The van der Waals surface area contributed by atoms with Gasteiger partial charge in [-0.15, -0.1) is 0 Å². The second-order valence-corrected chi connectivity index (χ2v) is 5.61. The smallest absolute Gasteiger partial charge is 0.115 e. The third kappa shape index (κ3) is 5.96. The molecule has 0 bridgehead atoms. The normalized spacial score (nSPS) is 11.4. The van der Waals surface area contributed by atoms with E-state index in [2.05, 4.69) is 18.2 Å². The molecule has 0 aliphatic rings. The van der Waals surface area contributed by atoms with Crippen molar-refractivity contribution in [3.8, 4) is 5.75 Å². The van der Waals surface area contributed by atoms with Gasteiger partial charge in [0, 0.05) is 24.6 Å². The third-order valence-corrected chi connectivity index (χ3v) is 3.28. The first-order valence-electron chi connectivity index (χ1n) is 5.94. The van der Waals surface area contributed by atoms with Gasteiger partial charge in [0.15, 0.2) is 0 Å². The number of rotatable bonds is 7. The standard InChI is InChI=1S/C13H21NO2S/c1-11(2)10-14(8-3-9-15)17-13-6-4-12(16)5-7-13/h4-7,11,15-16H,3,8-10H2,1-2H3. The number of phenols is 1. The van der Waals surface area contributed by atoms with Gasteiger partial charge < -0.3 is 10.2 Å². The van der Waals surface area contributed by atoms with E-state index in [1.807, 2.05) is 12.1 Å². The summed E-state index contributed by atoms with van der Waals surface area (Å²) in [5.41, 5.74) is 0. The average molecular weight is 255 g/mol. The van der Waals surface area contributed by atoms with E-state index in [4.69, 9.17) is 5.11 Å². The zero-order valence-electron chi connectivity index (χ0n) is 10.5. The Kier molecular flexibility index (Phi) is 6.40. The first-order valence-corrected chi connectivity index (χ1v) is 6.72. The van der Waals surface area contributed by atoms with Gasteiger partial charge in [-0.1, -0.05) is 13.8 Å². The highest BCUT2D eigenvalue weighted by Crippen LogP contribution is 2.25. The molecule has 96 valence electrons. The van der Waals surface area contributed by atoms with Crippen LogP contribution in [0.1, 0.15) is 20.3 Å². The first kappa shape index (κ1) is 14.4. The Morgan fingerprint density at radius 1 is 1.24 bits per heavy atom. The van der Waals surface area contributed by atoms with Gasteiger partial charge in [0.05, 0.1) is 0 Å². The van der Waals surface area contributed by atoms with Crippen LogP contribution in [0.5, 0.6) is 5.75 Å². The summed E-state index contributed by atoms with van der Waals surface area (Å²) in [5, 5.41) is 18.1. The van der Waals surface area contributed by atoms with Crippen molar-refractivity contribution in [2.45, 2.75) is 25.2 Å². The van der Waals surface area contributed by atoms with Crippen molar-refractivity contribution in [3.63, 3.8) is 0 Å². The van der Waals surface area contributed by atoms with Crippen LogP contribution in [-0.4, -0.2) is 34.2 Å². The van der Waals surface area contributed by atoms with Gasteiger partial charge in [-0.2, -0.15) is 0 Å². The lowest BCUT2D eigenvalue weighted by Crippen LogP contribution is -2.22. The zero-order chi connectivity index (χ0) is 12.7. The molecule has 4 heteroatoms. The van der Waals surface area contributed by atoms with E-state index in [9.17, 15) is 5.11 Å². The Hall–Kier alpha value is -0.710. The highest BCUT2D eigenvalue weighted by atomic mass is 32.2. The van der Waals surface area contributed by atoms with Crippen molar-refractivity contribution >= 4 is 11.9 Å². The summed E-state index contributed by atoms with van der Waals surface area (Å²) in [6.07, 6.45) is 0.789. The summed E-state index contributed by atoms with van der Waals surface area (Å²) in [6, 6.07) is 7.21. The van der Waals surface area contributed by atoms with E-state index in [0.29, 0.717) is 11.7 Å². The maximum absolute atomic E-state index is 9.22. The lowest BCUT2D eigenvalue weighted by Gasteiger charge is -2.22. The summed E-state index contributed by atoms with van der Waals surface area (Å²) in [5.74, 6) is 0.887. The molecule has 0 atom stereocenters. The summed E-state index contributed by atoms with van der Waals surface area (Å²) in [4.78, 5) is 1.11. The summed E-state index contributed by atoms with van der Waals surface area (Å²) in [6.45, 7) is 6.46.